The molecular weight excluding hydrogens is 723 g/mol. The summed E-state index contributed by atoms with van der Waals surface area (Å²) in [6.07, 6.45) is 70.9. The predicted molar refractivity (Wildman–Crippen MR) is 262 cm³/mol. The SMILES string of the molecule is CCCCCCC/C=C\C/C=C\C/C=C\CCCCCCCCCCCCCCCCCCCCCCC(=O)NC(CO)C(O)/C=C/CC/C=C/CCCCCCCC. The summed E-state index contributed by atoms with van der Waals surface area (Å²) in [6, 6.07) is -0.638. The van der Waals surface area contributed by atoms with Crippen LogP contribution in [0.1, 0.15) is 264 Å². The zero-order valence-corrected chi connectivity index (χ0v) is 39.5. The maximum Gasteiger partial charge on any atom is 0.220 e. The molecule has 0 radical (unpaired) electrons. The Labute approximate surface area is 368 Å². The highest BCUT2D eigenvalue weighted by Crippen LogP contribution is 2.16. The monoisotopic (exact) mass is 824 g/mol. The molecule has 0 aromatic rings. The Morgan fingerprint density at radius 2 is 0.712 bits per heavy atom. The van der Waals surface area contributed by atoms with E-state index < -0.39 is 12.1 Å². The van der Waals surface area contributed by atoms with Crippen LogP contribution in [0.25, 0.3) is 0 Å². The summed E-state index contributed by atoms with van der Waals surface area (Å²) in [4.78, 5) is 12.4. The molecule has 4 nitrogen and oxygen atoms in total. The third-order valence-electron chi connectivity index (χ3n) is 11.7. The van der Waals surface area contributed by atoms with Crippen molar-refractivity contribution in [1.29, 1.82) is 0 Å². The van der Waals surface area contributed by atoms with Gasteiger partial charge in [0.1, 0.15) is 0 Å². The molecule has 0 aliphatic rings. The van der Waals surface area contributed by atoms with Gasteiger partial charge in [-0.15, -0.1) is 0 Å². The smallest absolute Gasteiger partial charge is 0.220 e. The minimum atomic E-state index is -0.861. The van der Waals surface area contributed by atoms with Crippen molar-refractivity contribution >= 4 is 5.91 Å². The van der Waals surface area contributed by atoms with Crippen molar-refractivity contribution in [1.82, 2.24) is 5.32 Å². The summed E-state index contributed by atoms with van der Waals surface area (Å²) >= 11 is 0. The molecule has 0 bridgehead atoms. The third-order valence-corrected chi connectivity index (χ3v) is 11.7. The number of unbranched alkanes of at least 4 members (excludes halogenated alkanes) is 32. The van der Waals surface area contributed by atoms with E-state index in [0.29, 0.717) is 6.42 Å². The van der Waals surface area contributed by atoms with Crippen molar-refractivity contribution in [2.45, 2.75) is 276 Å². The number of amides is 1. The lowest BCUT2D eigenvalue weighted by Crippen LogP contribution is -2.45. The average molecular weight is 824 g/mol. The molecule has 2 atom stereocenters. The lowest BCUT2D eigenvalue weighted by molar-refractivity contribution is -0.123. The van der Waals surface area contributed by atoms with Crippen molar-refractivity contribution in [3.8, 4) is 0 Å². The Morgan fingerprint density at radius 1 is 0.407 bits per heavy atom. The number of nitrogens with one attached hydrogen (secondary N) is 1. The molecule has 59 heavy (non-hydrogen) atoms. The molecule has 344 valence electrons. The number of carbonyl (C=O) groups excluding carboxylic acids is 1. The minimum Gasteiger partial charge on any atom is -0.394 e. The highest BCUT2D eigenvalue weighted by atomic mass is 16.3. The maximum absolute atomic E-state index is 12.4. The molecule has 0 aliphatic heterocycles. The quantitative estimate of drug-likeness (QED) is 0.0423. The van der Waals surface area contributed by atoms with Gasteiger partial charge in [-0.2, -0.15) is 0 Å². The fraction of sp³-hybridized carbons (Fsp3) is 0.800. The summed E-state index contributed by atoms with van der Waals surface area (Å²) in [5, 5.41) is 23.0. The molecule has 0 fully saturated rings. The van der Waals surface area contributed by atoms with E-state index in [-0.39, 0.29) is 12.5 Å². The van der Waals surface area contributed by atoms with E-state index >= 15 is 0 Å². The lowest BCUT2D eigenvalue weighted by atomic mass is 10.0. The fourth-order valence-electron chi connectivity index (χ4n) is 7.73. The van der Waals surface area contributed by atoms with Crippen LogP contribution < -0.4 is 5.32 Å². The van der Waals surface area contributed by atoms with Gasteiger partial charge in [-0.3, -0.25) is 4.79 Å². The largest absolute Gasteiger partial charge is 0.394 e. The van der Waals surface area contributed by atoms with Gasteiger partial charge < -0.3 is 15.5 Å². The molecule has 0 saturated heterocycles. The Kier molecular flexibility index (Phi) is 48.8. The predicted octanol–water partition coefficient (Wildman–Crippen LogP) is 16.9. The van der Waals surface area contributed by atoms with E-state index in [4.69, 9.17) is 0 Å². The van der Waals surface area contributed by atoms with Gasteiger partial charge in [0.05, 0.1) is 18.8 Å². The third kappa shape index (κ3) is 47.0. The number of allylic oxidation sites excluding steroid dienone is 9. The molecule has 0 rings (SSSR count). The minimum absolute atomic E-state index is 0.0734. The number of hydrogen-bond acceptors (Lipinski definition) is 3. The fourth-order valence-corrected chi connectivity index (χ4v) is 7.73. The van der Waals surface area contributed by atoms with E-state index in [0.717, 1.165) is 44.9 Å². The van der Waals surface area contributed by atoms with E-state index in [9.17, 15) is 15.0 Å². The number of aliphatic hydroxyl groups excluding tert-OH is 2. The van der Waals surface area contributed by atoms with Crippen LogP contribution in [0.5, 0.6) is 0 Å². The molecule has 0 aromatic heterocycles. The summed E-state index contributed by atoms with van der Waals surface area (Å²) < 4.78 is 0. The van der Waals surface area contributed by atoms with Crippen LogP contribution in [0, 0.1) is 0 Å². The van der Waals surface area contributed by atoms with Crippen molar-refractivity contribution in [2.24, 2.45) is 0 Å². The molecule has 3 N–H and O–H groups in total. The van der Waals surface area contributed by atoms with Crippen LogP contribution in [-0.4, -0.2) is 34.9 Å². The second-order valence-corrected chi connectivity index (χ2v) is 17.6. The second kappa shape index (κ2) is 50.4. The molecule has 0 aliphatic carbocycles. The second-order valence-electron chi connectivity index (χ2n) is 17.6. The van der Waals surface area contributed by atoms with Crippen LogP contribution in [0.15, 0.2) is 60.8 Å². The van der Waals surface area contributed by atoms with Crippen molar-refractivity contribution in [2.75, 3.05) is 6.61 Å². The Balaban J connectivity index is 3.45. The van der Waals surface area contributed by atoms with Crippen molar-refractivity contribution < 1.29 is 15.0 Å². The normalized spacial score (nSPS) is 13.4. The maximum atomic E-state index is 12.4. The van der Waals surface area contributed by atoms with Gasteiger partial charge in [0.25, 0.3) is 0 Å². The number of carbonyl (C=O) groups is 1. The zero-order valence-electron chi connectivity index (χ0n) is 39.5. The number of hydrogen-bond donors (Lipinski definition) is 3. The first-order valence-electron chi connectivity index (χ1n) is 26.0. The number of aliphatic hydroxyl groups is 2. The van der Waals surface area contributed by atoms with E-state index in [1.165, 1.54) is 199 Å². The molecular formula is C55H101NO3. The molecule has 0 aromatic carbocycles. The molecule has 0 spiro atoms. The summed E-state index contributed by atoms with van der Waals surface area (Å²) in [5.74, 6) is -0.0734. The van der Waals surface area contributed by atoms with Gasteiger partial charge in [0, 0.05) is 6.42 Å². The van der Waals surface area contributed by atoms with Crippen LogP contribution in [0.3, 0.4) is 0 Å². The summed E-state index contributed by atoms with van der Waals surface area (Å²) in [5.41, 5.74) is 0. The van der Waals surface area contributed by atoms with E-state index in [2.05, 4.69) is 67.8 Å². The lowest BCUT2D eigenvalue weighted by Gasteiger charge is -2.19. The van der Waals surface area contributed by atoms with Gasteiger partial charge in [0.15, 0.2) is 0 Å². The van der Waals surface area contributed by atoms with Crippen molar-refractivity contribution in [3.05, 3.63) is 60.8 Å². The molecule has 4 heteroatoms. The average Bonchev–Trinajstić information content (AvgIpc) is 3.24. The van der Waals surface area contributed by atoms with Crippen LogP contribution in [0.2, 0.25) is 0 Å². The van der Waals surface area contributed by atoms with Gasteiger partial charge in [-0.05, 0) is 70.6 Å². The van der Waals surface area contributed by atoms with Gasteiger partial charge >= 0.3 is 0 Å². The van der Waals surface area contributed by atoms with Gasteiger partial charge in [-0.25, -0.2) is 0 Å². The van der Waals surface area contributed by atoms with E-state index in [1.54, 1.807) is 6.08 Å². The first-order valence-corrected chi connectivity index (χ1v) is 26.0. The zero-order chi connectivity index (χ0) is 42.8. The van der Waals surface area contributed by atoms with Crippen LogP contribution in [0.4, 0.5) is 0 Å². The molecule has 1 amide bonds. The topological polar surface area (TPSA) is 69.6 Å². The van der Waals surface area contributed by atoms with Crippen LogP contribution in [-0.2, 0) is 4.79 Å². The van der Waals surface area contributed by atoms with E-state index in [1.807, 2.05) is 6.08 Å². The first kappa shape index (κ1) is 57.1. The van der Waals surface area contributed by atoms with Gasteiger partial charge in [0.2, 0.25) is 5.91 Å². The molecule has 0 saturated carbocycles. The van der Waals surface area contributed by atoms with Gasteiger partial charge in [-0.1, -0.05) is 248 Å². The highest BCUT2D eigenvalue weighted by Gasteiger charge is 2.17. The Morgan fingerprint density at radius 3 is 1.10 bits per heavy atom. The molecule has 2 unspecified atom stereocenters. The Bertz CT molecular complexity index is 981. The van der Waals surface area contributed by atoms with Crippen LogP contribution >= 0.6 is 0 Å². The Hall–Kier alpha value is -1.91. The molecule has 0 heterocycles. The standard InChI is InChI=1S/C55H101NO3/c1-3-5-7-9-11-13-15-17-18-19-20-21-22-23-24-25-26-27-28-29-30-31-32-33-34-35-36-37-38-39-41-43-45-47-49-51-55(59)56-53(52-57)54(58)50-48-46-44-42-40-16-14-12-10-8-6-4-2/h15,17,19-20,22-23,40,42,48,50,53-54,57-58H,3-14,16,18,21,24-39,41,43-47,49,51-52H2,1-2H3,(H,56,59)/b17-15-,20-19-,23-22-,42-40+,50-48+. The summed E-state index contributed by atoms with van der Waals surface area (Å²) in [7, 11) is 0. The van der Waals surface area contributed by atoms with Crippen molar-refractivity contribution in [3.63, 3.8) is 0 Å². The first-order chi connectivity index (χ1) is 29.2. The summed E-state index contributed by atoms with van der Waals surface area (Å²) in [6.45, 7) is 4.27. The highest BCUT2D eigenvalue weighted by molar-refractivity contribution is 5.76. The number of rotatable bonds is 47.